The van der Waals surface area contributed by atoms with E-state index in [4.69, 9.17) is 28.9 Å². The molecule has 1 aromatic carbocycles. The molecule has 1 spiro atoms. The number of aromatic hydroxyl groups is 1. The normalized spacial score (nSPS) is 19.9. The van der Waals surface area contributed by atoms with Gasteiger partial charge in [-0.25, -0.2) is 0 Å². The Morgan fingerprint density at radius 2 is 1.84 bits per heavy atom. The smallest absolute Gasteiger partial charge is 0.151 e. The fourth-order valence-electron chi connectivity index (χ4n) is 4.11. The number of phenols is 1. The minimum atomic E-state index is 0.000728. The summed E-state index contributed by atoms with van der Waals surface area (Å²) in [6.45, 7) is 1.96. The maximum absolute atomic E-state index is 10.1. The van der Waals surface area contributed by atoms with E-state index in [2.05, 4.69) is 15.1 Å². The van der Waals surface area contributed by atoms with Crippen molar-refractivity contribution in [2.45, 2.75) is 31.7 Å². The Morgan fingerprint density at radius 1 is 1.12 bits per heavy atom. The molecule has 1 aliphatic carbocycles. The van der Waals surface area contributed by atoms with Gasteiger partial charge in [-0.1, -0.05) is 23.2 Å². The molecule has 0 atom stereocenters. The number of anilines is 1. The number of aromatic nitrogens is 2. The highest BCUT2D eigenvalue weighted by Crippen LogP contribution is 2.48. The van der Waals surface area contributed by atoms with Crippen LogP contribution in [0.25, 0.3) is 11.3 Å². The molecule has 1 aromatic heterocycles. The summed E-state index contributed by atoms with van der Waals surface area (Å²) in [5.41, 5.74) is 7.40. The van der Waals surface area contributed by atoms with Gasteiger partial charge in [0, 0.05) is 24.2 Å². The molecule has 1 saturated heterocycles. The lowest BCUT2D eigenvalue weighted by Gasteiger charge is -2.51. The van der Waals surface area contributed by atoms with Crippen LogP contribution >= 0.6 is 23.2 Å². The van der Waals surface area contributed by atoms with Crippen LogP contribution < -0.4 is 10.6 Å². The van der Waals surface area contributed by atoms with E-state index < -0.39 is 0 Å². The highest BCUT2D eigenvalue weighted by molar-refractivity contribution is 6.36. The maximum atomic E-state index is 10.1. The van der Waals surface area contributed by atoms with Crippen molar-refractivity contribution in [3.8, 4) is 17.0 Å². The molecule has 0 radical (unpaired) electrons. The Labute approximate surface area is 156 Å². The summed E-state index contributed by atoms with van der Waals surface area (Å²) in [5, 5.41) is 19.4. The van der Waals surface area contributed by atoms with Crippen molar-refractivity contribution in [2.24, 2.45) is 11.1 Å². The Morgan fingerprint density at radius 3 is 2.40 bits per heavy atom. The molecule has 25 heavy (non-hydrogen) atoms. The summed E-state index contributed by atoms with van der Waals surface area (Å²) < 4.78 is 0. The van der Waals surface area contributed by atoms with E-state index in [1.807, 2.05) is 12.1 Å². The van der Waals surface area contributed by atoms with Gasteiger partial charge >= 0.3 is 0 Å². The molecule has 0 bridgehead atoms. The van der Waals surface area contributed by atoms with E-state index in [0.29, 0.717) is 32.8 Å². The van der Waals surface area contributed by atoms with E-state index in [-0.39, 0.29) is 5.75 Å². The van der Waals surface area contributed by atoms with Crippen LogP contribution in [0.4, 0.5) is 5.82 Å². The number of phenolic OH excluding ortho intramolecular Hbond substituents is 1. The molecule has 0 unspecified atom stereocenters. The molecule has 7 heteroatoms. The van der Waals surface area contributed by atoms with Crippen molar-refractivity contribution in [3.63, 3.8) is 0 Å². The first-order chi connectivity index (χ1) is 12.0. The van der Waals surface area contributed by atoms with Crippen molar-refractivity contribution >= 4 is 29.0 Å². The standard InChI is InChI=1S/C18H20Cl2N4O/c19-11-7-13(20)17(15(25)8-11)14-1-2-16(23-22-14)24-5-3-18(4-6-24)9-12(21)10-18/h1-2,7-8,12,25H,3-6,9-10,21H2. The molecule has 2 heterocycles. The second-order valence-corrected chi connectivity index (χ2v) is 8.06. The Kier molecular flexibility index (Phi) is 4.26. The average Bonchev–Trinajstić information content (AvgIpc) is 2.54. The molecule has 1 aliphatic heterocycles. The van der Waals surface area contributed by atoms with E-state index in [0.717, 1.165) is 44.6 Å². The Balaban J connectivity index is 1.50. The van der Waals surface area contributed by atoms with Crippen molar-refractivity contribution < 1.29 is 5.11 Å². The van der Waals surface area contributed by atoms with Gasteiger partial charge in [0.05, 0.1) is 16.3 Å². The van der Waals surface area contributed by atoms with Gasteiger partial charge in [-0.05, 0) is 55.4 Å². The lowest BCUT2D eigenvalue weighted by molar-refractivity contribution is 0.0711. The van der Waals surface area contributed by atoms with Crippen LogP contribution in [0.1, 0.15) is 25.7 Å². The summed E-state index contributed by atoms with van der Waals surface area (Å²) in [4.78, 5) is 2.26. The second kappa shape index (κ2) is 6.31. The number of hydrogen-bond donors (Lipinski definition) is 2. The number of halogens is 2. The van der Waals surface area contributed by atoms with E-state index in [1.165, 1.54) is 6.07 Å². The van der Waals surface area contributed by atoms with Gasteiger partial charge in [0.2, 0.25) is 0 Å². The highest BCUT2D eigenvalue weighted by Gasteiger charge is 2.44. The first kappa shape index (κ1) is 16.9. The first-order valence-electron chi connectivity index (χ1n) is 8.48. The predicted molar refractivity (Wildman–Crippen MR) is 100 cm³/mol. The van der Waals surface area contributed by atoms with E-state index in [1.54, 1.807) is 6.07 Å². The molecule has 0 amide bonds. The van der Waals surface area contributed by atoms with Gasteiger partial charge in [-0.2, -0.15) is 0 Å². The SMILES string of the molecule is NC1CC2(CCN(c3ccc(-c4c(O)cc(Cl)cc4Cl)nn3)CC2)C1. The molecule has 1 saturated carbocycles. The number of nitrogens with two attached hydrogens (primary N) is 1. The molecular weight excluding hydrogens is 359 g/mol. The van der Waals surface area contributed by atoms with Crippen molar-refractivity contribution in [3.05, 3.63) is 34.3 Å². The molecule has 132 valence electrons. The second-order valence-electron chi connectivity index (χ2n) is 7.21. The van der Waals surface area contributed by atoms with Crippen molar-refractivity contribution in [1.82, 2.24) is 10.2 Å². The predicted octanol–water partition coefficient (Wildman–Crippen LogP) is 3.86. The zero-order valence-corrected chi connectivity index (χ0v) is 15.3. The monoisotopic (exact) mass is 378 g/mol. The summed E-state index contributed by atoms with van der Waals surface area (Å²) in [5.74, 6) is 0.854. The summed E-state index contributed by atoms with van der Waals surface area (Å²) in [7, 11) is 0. The summed E-state index contributed by atoms with van der Waals surface area (Å²) in [6, 6.07) is 7.19. The average molecular weight is 379 g/mol. The van der Waals surface area contributed by atoms with Gasteiger partial charge in [-0.3, -0.25) is 0 Å². The first-order valence-corrected chi connectivity index (χ1v) is 9.24. The molecule has 4 rings (SSSR count). The van der Waals surface area contributed by atoms with Gasteiger partial charge in [0.25, 0.3) is 0 Å². The lowest BCUT2D eigenvalue weighted by Crippen LogP contribution is -2.52. The van der Waals surface area contributed by atoms with Gasteiger partial charge in [0.15, 0.2) is 5.82 Å². The fourth-order valence-corrected chi connectivity index (χ4v) is 4.69. The quantitative estimate of drug-likeness (QED) is 0.829. The van der Waals surface area contributed by atoms with Crippen molar-refractivity contribution in [2.75, 3.05) is 18.0 Å². The van der Waals surface area contributed by atoms with Crippen LogP contribution in [0.3, 0.4) is 0 Å². The third-order valence-corrected chi connectivity index (χ3v) is 6.00. The minimum Gasteiger partial charge on any atom is -0.507 e. The van der Waals surface area contributed by atoms with Gasteiger partial charge < -0.3 is 15.7 Å². The molecule has 3 N–H and O–H groups in total. The minimum absolute atomic E-state index is 0.000728. The Bertz CT molecular complexity index is 757. The zero-order valence-electron chi connectivity index (χ0n) is 13.8. The van der Waals surface area contributed by atoms with E-state index in [9.17, 15) is 5.11 Å². The van der Waals surface area contributed by atoms with E-state index >= 15 is 0 Å². The lowest BCUT2D eigenvalue weighted by atomic mass is 9.61. The van der Waals surface area contributed by atoms with Crippen LogP contribution in [0.15, 0.2) is 24.3 Å². The molecule has 2 aliphatic rings. The van der Waals surface area contributed by atoms with Crippen LogP contribution in [0.5, 0.6) is 5.75 Å². The third-order valence-electron chi connectivity index (χ3n) is 5.48. The Hall–Kier alpha value is -1.56. The van der Waals surface area contributed by atoms with Crippen molar-refractivity contribution in [1.29, 1.82) is 0 Å². The highest BCUT2D eigenvalue weighted by atomic mass is 35.5. The summed E-state index contributed by atoms with van der Waals surface area (Å²) in [6.07, 6.45) is 4.63. The van der Waals surface area contributed by atoms with Crippen LogP contribution in [-0.2, 0) is 0 Å². The number of benzene rings is 1. The molecular formula is C18H20Cl2N4O. The number of piperidine rings is 1. The molecule has 2 aromatic rings. The van der Waals surface area contributed by atoms with Crippen LogP contribution in [0, 0.1) is 5.41 Å². The third kappa shape index (κ3) is 3.16. The molecule has 2 fully saturated rings. The van der Waals surface area contributed by atoms with Gasteiger partial charge in [-0.15, -0.1) is 10.2 Å². The van der Waals surface area contributed by atoms with Crippen LogP contribution in [0.2, 0.25) is 10.0 Å². The summed E-state index contributed by atoms with van der Waals surface area (Å²) >= 11 is 12.1. The van der Waals surface area contributed by atoms with Gasteiger partial charge in [0.1, 0.15) is 5.75 Å². The largest absolute Gasteiger partial charge is 0.507 e. The number of rotatable bonds is 2. The fraction of sp³-hybridized carbons (Fsp3) is 0.444. The molecule has 5 nitrogen and oxygen atoms in total. The zero-order chi connectivity index (χ0) is 17.6. The topological polar surface area (TPSA) is 75.3 Å². The number of nitrogens with zero attached hydrogens (tertiary/aromatic N) is 3. The number of hydrogen-bond acceptors (Lipinski definition) is 5. The maximum Gasteiger partial charge on any atom is 0.151 e. The van der Waals surface area contributed by atoms with Crippen LogP contribution in [-0.4, -0.2) is 34.4 Å².